The molecule has 1 fully saturated rings. The predicted octanol–water partition coefficient (Wildman–Crippen LogP) is 1.02. The summed E-state index contributed by atoms with van der Waals surface area (Å²) in [7, 11) is -2.02. The van der Waals surface area contributed by atoms with Gasteiger partial charge in [-0.3, -0.25) is 9.59 Å². The summed E-state index contributed by atoms with van der Waals surface area (Å²) >= 11 is 0. The van der Waals surface area contributed by atoms with E-state index < -0.39 is 21.4 Å². The number of aromatic nitrogens is 1. The van der Waals surface area contributed by atoms with Crippen LogP contribution in [0.1, 0.15) is 30.6 Å². The van der Waals surface area contributed by atoms with Crippen LogP contribution in [0.2, 0.25) is 0 Å². The molecule has 1 aromatic carbocycles. The van der Waals surface area contributed by atoms with E-state index in [2.05, 4.69) is 24.1 Å². The molecule has 0 radical (unpaired) electrons. The van der Waals surface area contributed by atoms with Gasteiger partial charge in [-0.2, -0.15) is 4.31 Å². The number of amides is 1. The molecule has 1 aliphatic rings. The van der Waals surface area contributed by atoms with Gasteiger partial charge in [0.2, 0.25) is 15.5 Å². The minimum absolute atomic E-state index is 0.00348. The van der Waals surface area contributed by atoms with Crippen LogP contribution >= 0.6 is 0 Å². The first-order valence-corrected chi connectivity index (χ1v) is 12.5. The van der Waals surface area contributed by atoms with Gasteiger partial charge in [-0.1, -0.05) is 13.8 Å². The van der Waals surface area contributed by atoms with Gasteiger partial charge in [0.25, 0.3) is 5.91 Å². The fourth-order valence-corrected chi connectivity index (χ4v) is 5.30. The summed E-state index contributed by atoms with van der Waals surface area (Å²) in [5, 5.41) is 3.02. The number of aryl methyl sites for hydroxylation is 1. The Morgan fingerprint density at radius 2 is 1.88 bits per heavy atom. The Morgan fingerprint density at radius 3 is 2.53 bits per heavy atom. The summed E-state index contributed by atoms with van der Waals surface area (Å²) in [5.41, 5.74) is 0.0936. The van der Waals surface area contributed by atoms with E-state index in [0.717, 1.165) is 26.1 Å². The molecule has 1 aromatic heterocycles. The Balaban J connectivity index is 1.85. The highest BCUT2D eigenvalue weighted by Crippen LogP contribution is 2.21. The summed E-state index contributed by atoms with van der Waals surface area (Å²) in [6, 6.07) is 4.48. The number of morpholine rings is 1. The van der Waals surface area contributed by atoms with Crippen molar-refractivity contribution in [1.29, 1.82) is 0 Å². The average molecular weight is 465 g/mol. The quantitative estimate of drug-likeness (QED) is 0.556. The number of rotatable bonds is 9. The van der Waals surface area contributed by atoms with Crippen molar-refractivity contribution in [2.45, 2.75) is 25.2 Å². The molecule has 2 heterocycles. The molecule has 0 aliphatic carbocycles. The molecule has 3 rings (SSSR count). The van der Waals surface area contributed by atoms with Crippen LogP contribution in [0.3, 0.4) is 0 Å². The molecule has 10 heteroatoms. The highest BCUT2D eigenvalue weighted by Gasteiger charge is 2.27. The molecular weight excluding hydrogens is 432 g/mol. The van der Waals surface area contributed by atoms with Crippen LogP contribution in [0, 0.1) is 0 Å². The molecule has 176 valence electrons. The maximum absolute atomic E-state index is 13.1. The second kappa shape index (κ2) is 10.6. The molecule has 0 unspecified atom stereocenters. The van der Waals surface area contributed by atoms with Crippen molar-refractivity contribution in [2.75, 3.05) is 52.5 Å². The first kappa shape index (κ1) is 24.4. The highest BCUT2D eigenvalue weighted by molar-refractivity contribution is 7.89. The number of ether oxygens (including phenoxy) is 1. The summed E-state index contributed by atoms with van der Waals surface area (Å²) in [6.07, 6.45) is 2.28. The Labute approximate surface area is 189 Å². The Hall–Kier alpha value is -2.27. The average Bonchev–Trinajstić information content (AvgIpc) is 2.81. The van der Waals surface area contributed by atoms with Crippen LogP contribution in [0.25, 0.3) is 10.9 Å². The van der Waals surface area contributed by atoms with Gasteiger partial charge < -0.3 is 19.5 Å². The van der Waals surface area contributed by atoms with Crippen LogP contribution in [-0.4, -0.2) is 80.6 Å². The van der Waals surface area contributed by atoms with Crippen molar-refractivity contribution in [1.82, 2.24) is 19.1 Å². The van der Waals surface area contributed by atoms with E-state index in [9.17, 15) is 18.0 Å². The fourth-order valence-electron chi connectivity index (χ4n) is 3.87. The van der Waals surface area contributed by atoms with E-state index in [-0.39, 0.29) is 28.9 Å². The molecule has 0 saturated carbocycles. The number of carbonyl (C=O) groups is 1. The van der Waals surface area contributed by atoms with Gasteiger partial charge in [0.15, 0.2) is 0 Å². The number of nitrogens with one attached hydrogen (secondary N) is 1. The van der Waals surface area contributed by atoms with Gasteiger partial charge in [0.1, 0.15) is 5.56 Å². The fraction of sp³-hybridized carbons (Fsp3) is 0.545. The topological polar surface area (TPSA) is 101 Å². The van der Waals surface area contributed by atoms with E-state index >= 15 is 0 Å². The van der Waals surface area contributed by atoms with E-state index in [1.165, 1.54) is 22.6 Å². The lowest BCUT2D eigenvalue weighted by atomic mass is 10.1. The molecular formula is C22H32N4O5S. The summed E-state index contributed by atoms with van der Waals surface area (Å²) in [4.78, 5) is 28.1. The SMILES string of the molecule is CCN(CC)CCCNC(=O)c1cn(C)c2ccc(S(=O)(=O)N3CCOCC3)cc2c1=O. The van der Waals surface area contributed by atoms with Crippen LogP contribution in [-0.2, 0) is 21.8 Å². The Morgan fingerprint density at radius 1 is 1.19 bits per heavy atom. The van der Waals surface area contributed by atoms with Crippen LogP contribution < -0.4 is 10.7 Å². The van der Waals surface area contributed by atoms with Crippen molar-refractivity contribution in [3.63, 3.8) is 0 Å². The number of hydrogen-bond donors (Lipinski definition) is 1. The van der Waals surface area contributed by atoms with Gasteiger partial charge in [0, 0.05) is 38.3 Å². The maximum atomic E-state index is 13.1. The summed E-state index contributed by atoms with van der Waals surface area (Å²) in [5.74, 6) is -0.450. The van der Waals surface area contributed by atoms with E-state index in [1.54, 1.807) is 17.7 Å². The molecule has 1 amide bonds. The van der Waals surface area contributed by atoms with Crippen molar-refractivity contribution in [3.8, 4) is 0 Å². The zero-order valence-corrected chi connectivity index (χ0v) is 19.8. The largest absolute Gasteiger partial charge is 0.379 e. The maximum Gasteiger partial charge on any atom is 0.256 e. The summed E-state index contributed by atoms with van der Waals surface area (Å²) in [6.45, 7) is 8.64. The molecule has 32 heavy (non-hydrogen) atoms. The lowest BCUT2D eigenvalue weighted by Crippen LogP contribution is -2.40. The van der Waals surface area contributed by atoms with Crippen molar-refractivity contribution >= 4 is 26.8 Å². The third-order valence-electron chi connectivity index (χ3n) is 5.84. The van der Waals surface area contributed by atoms with E-state index in [4.69, 9.17) is 4.74 Å². The van der Waals surface area contributed by atoms with Crippen molar-refractivity contribution in [3.05, 3.63) is 40.2 Å². The van der Waals surface area contributed by atoms with Gasteiger partial charge in [-0.05, 0) is 44.3 Å². The van der Waals surface area contributed by atoms with Gasteiger partial charge in [-0.15, -0.1) is 0 Å². The predicted molar refractivity (Wildman–Crippen MR) is 124 cm³/mol. The van der Waals surface area contributed by atoms with Gasteiger partial charge in [0.05, 0.1) is 23.6 Å². The molecule has 0 bridgehead atoms. The number of pyridine rings is 1. The number of fused-ring (bicyclic) bond motifs is 1. The lowest BCUT2D eigenvalue weighted by molar-refractivity contribution is 0.0730. The second-order valence-electron chi connectivity index (χ2n) is 7.81. The van der Waals surface area contributed by atoms with Crippen LogP contribution in [0.5, 0.6) is 0 Å². The molecule has 0 atom stereocenters. The van der Waals surface area contributed by atoms with Crippen molar-refractivity contribution in [2.24, 2.45) is 7.05 Å². The molecule has 9 nitrogen and oxygen atoms in total. The number of sulfonamides is 1. The minimum atomic E-state index is -3.75. The number of nitrogens with zero attached hydrogens (tertiary/aromatic N) is 3. The second-order valence-corrected chi connectivity index (χ2v) is 9.75. The Bertz CT molecular complexity index is 1120. The standard InChI is InChI=1S/C22H32N4O5S/c1-4-25(5-2)10-6-9-23-22(28)19-16-24(3)20-8-7-17(15-18(20)21(19)27)32(29,30)26-11-13-31-14-12-26/h7-8,15-16H,4-6,9-14H2,1-3H3,(H,23,28). The highest BCUT2D eigenvalue weighted by atomic mass is 32.2. The lowest BCUT2D eigenvalue weighted by Gasteiger charge is -2.26. The monoisotopic (exact) mass is 464 g/mol. The third kappa shape index (κ3) is 5.20. The first-order chi connectivity index (χ1) is 15.3. The summed E-state index contributed by atoms with van der Waals surface area (Å²) < 4.78 is 34.3. The zero-order chi connectivity index (χ0) is 23.3. The zero-order valence-electron chi connectivity index (χ0n) is 19.0. The van der Waals surface area contributed by atoms with E-state index in [0.29, 0.717) is 25.3 Å². The van der Waals surface area contributed by atoms with E-state index in [1.807, 2.05) is 0 Å². The molecule has 1 N–H and O–H groups in total. The molecule has 2 aromatic rings. The Kier molecular flexibility index (Phi) is 8.05. The van der Waals surface area contributed by atoms with Gasteiger partial charge in [-0.25, -0.2) is 8.42 Å². The number of hydrogen-bond acceptors (Lipinski definition) is 6. The molecule has 1 aliphatic heterocycles. The van der Waals surface area contributed by atoms with Crippen LogP contribution in [0.4, 0.5) is 0 Å². The van der Waals surface area contributed by atoms with Crippen LogP contribution in [0.15, 0.2) is 34.1 Å². The smallest absolute Gasteiger partial charge is 0.256 e. The number of benzene rings is 1. The number of carbonyl (C=O) groups excluding carboxylic acids is 1. The normalized spacial score (nSPS) is 15.4. The first-order valence-electron chi connectivity index (χ1n) is 11.0. The van der Waals surface area contributed by atoms with Gasteiger partial charge >= 0.3 is 0 Å². The minimum Gasteiger partial charge on any atom is -0.379 e. The van der Waals surface area contributed by atoms with Crippen molar-refractivity contribution < 1.29 is 17.9 Å². The molecule has 1 saturated heterocycles. The third-order valence-corrected chi connectivity index (χ3v) is 7.74. The molecule has 0 spiro atoms.